The second-order valence-corrected chi connectivity index (χ2v) is 22.6. The van der Waals surface area contributed by atoms with Gasteiger partial charge in [0, 0.05) is 6.42 Å². The highest BCUT2D eigenvalue weighted by Gasteiger charge is 2.44. The first kappa shape index (κ1) is 71.2. The number of unbranched alkanes of at least 4 members (excludes halogenated alkanes) is 40. The first-order valence-electron chi connectivity index (χ1n) is 32.4. The summed E-state index contributed by atoms with van der Waals surface area (Å²) in [5.74, 6) is -0.176. The molecule has 1 aliphatic heterocycles. The molecule has 7 unspecified atom stereocenters. The lowest BCUT2D eigenvalue weighted by Gasteiger charge is -2.40. The minimum atomic E-state index is -1.57. The molecule has 0 spiro atoms. The summed E-state index contributed by atoms with van der Waals surface area (Å²) in [7, 11) is 0. The number of ether oxygens (including phenoxy) is 2. The summed E-state index contributed by atoms with van der Waals surface area (Å²) in [5, 5.41) is 54.7. The molecule has 440 valence electrons. The normalized spacial score (nSPS) is 19.2. The molecule has 0 bridgehead atoms. The summed E-state index contributed by atoms with van der Waals surface area (Å²) in [6.45, 7) is 3.80. The number of amides is 1. The zero-order valence-corrected chi connectivity index (χ0v) is 49.1. The lowest BCUT2D eigenvalue weighted by molar-refractivity contribution is -0.302. The Labute approximate surface area is 463 Å². The highest BCUT2D eigenvalue weighted by molar-refractivity contribution is 5.76. The van der Waals surface area contributed by atoms with E-state index < -0.39 is 49.5 Å². The topological polar surface area (TPSA) is 149 Å². The Kier molecular flexibility index (Phi) is 52.6. The fourth-order valence-electron chi connectivity index (χ4n) is 10.3. The quantitative estimate of drug-likeness (QED) is 0.0261. The predicted molar refractivity (Wildman–Crippen MR) is 318 cm³/mol. The van der Waals surface area contributed by atoms with E-state index in [1.54, 1.807) is 6.08 Å². The largest absolute Gasteiger partial charge is 0.394 e. The van der Waals surface area contributed by atoms with Crippen LogP contribution in [0.3, 0.4) is 0 Å². The maximum Gasteiger partial charge on any atom is 0.220 e. The predicted octanol–water partition coefficient (Wildman–Crippen LogP) is 16.9. The molecule has 0 aromatic carbocycles. The Bertz CT molecular complexity index is 1320. The number of hydrogen-bond acceptors (Lipinski definition) is 8. The van der Waals surface area contributed by atoms with Crippen molar-refractivity contribution in [3.05, 3.63) is 48.6 Å². The van der Waals surface area contributed by atoms with Crippen LogP contribution < -0.4 is 5.32 Å². The van der Waals surface area contributed by atoms with Gasteiger partial charge >= 0.3 is 0 Å². The van der Waals surface area contributed by atoms with Crippen molar-refractivity contribution in [2.24, 2.45) is 0 Å². The van der Waals surface area contributed by atoms with E-state index in [0.29, 0.717) is 6.42 Å². The van der Waals surface area contributed by atoms with Crippen LogP contribution in [-0.2, 0) is 14.3 Å². The SMILES string of the molecule is CCCCCCC/C=C\C/C=C\C/C=C\CCCCCCCCCCCCCCC(=O)NC(COC1OC(CO)C(O)C(O)C1O)C(O)/C=C/CCCCCCCCCCCCCCCCCCCCCCCCC. The summed E-state index contributed by atoms with van der Waals surface area (Å²) >= 11 is 0. The van der Waals surface area contributed by atoms with E-state index in [9.17, 15) is 30.3 Å². The van der Waals surface area contributed by atoms with Crippen molar-refractivity contribution in [2.75, 3.05) is 13.2 Å². The molecule has 75 heavy (non-hydrogen) atoms. The molecule has 1 aliphatic rings. The molecule has 9 nitrogen and oxygen atoms in total. The van der Waals surface area contributed by atoms with E-state index in [4.69, 9.17) is 9.47 Å². The van der Waals surface area contributed by atoms with Crippen LogP contribution in [0.25, 0.3) is 0 Å². The third kappa shape index (κ3) is 44.7. The van der Waals surface area contributed by atoms with Crippen molar-refractivity contribution in [3.63, 3.8) is 0 Å². The Morgan fingerprint density at radius 2 is 0.787 bits per heavy atom. The Balaban J connectivity index is 2.18. The zero-order chi connectivity index (χ0) is 54.3. The van der Waals surface area contributed by atoms with Crippen molar-refractivity contribution in [1.29, 1.82) is 0 Å². The number of aliphatic hydroxyl groups excluding tert-OH is 5. The molecule has 6 N–H and O–H groups in total. The van der Waals surface area contributed by atoms with Gasteiger partial charge in [-0.3, -0.25) is 4.79 Å². The van der Waals surface area contributed by atoms with E-state index >= 15 is 0 Å². The summed E-state index contributed by atoms with van der Waals surface area (Å²) in [5.41, 5.74) is 0. The molecule has 7 atom stereocenters. The van der Waals surface area contributed by atoms with Crippen LogP contribution in [0.1, 0.15) is 309 Å². The van der Waals surface area contributed by atoms with Crippen LogP contribution >= 0.6 is 0 Å². The summed E-state index contributed by atoms with van der Waals surface area (Å²) in [6.07, 6.45) is 67.6. The number of aliphatic hydroxyl groups is 5. The summed E-state index contributed by atoms with van der Waals surface area (Å²) in [6, 6.07) is -0.808. The third-order valence-electron chi connectivity index (χ3n) is 15.4. The van der Waals surface area contributed by atoms with Crippen LogP contribution in [0.5, 0.6) is 0 Å². The molecule has 0 aromatic heterocycles. The van der Waals surface area contributed by atoms with Gasteiger partial charge in [-0.2, -0.15) is 0 Å². The first-order valence-corrected chi connectivity index (χ1v) is 32.4. The second-order valence-electron chi connectivity index (χ2n) is 22.6. The zero-order valence-electron chi connectivity index (χ0n) is 49.1. The fraction of sp³-hybridized carbons (Fsp3) is 0.864. The molecule has 0 radical (unpaired) electrons. The number of allylic oxidation sites excluding steroid dienone is 7. The van der Waals surface area contributed by atoms with Crippen molar-refractivity contribution < 1.29 is 39.8 Å². The van der Waals surface area contributed by atoms with Crippen molar-refractivity contribution in [3.8, 4) is 0 Å². The monoisotopic (exact) mass is 1060 g/mol. The maximum absolute atomic E-state index is 13.1. The third-order valence-corrected chi connectivity index (χ3v) is 15.4. The summed E-state index contributed by atoms with van der Waals surface area (Å²) in [4.78, 5) is 13.1. The molecule has 0 aliphatic carbocycles. The van der Waals surface area contributed by atoms with Crippen LogP contribution in [0, 0.1) is 0 Å². The summed E-state index contributed by atoms with van der Waals surface area (Å²) < 4.78 is 11.3. The fourth-order valence-corrected chi connectivity index (χ4v) is 10.3. The van der Waals surface area contributed by atoms with E-state index in [-0.39, 0.29) is 12.5 Å². The van der Waals surface area contributed by atoms with Gasteiger partial charge in [-0.1, -0.05) is 294 Å². The van der Waals surface area contributed by atoms with Gasteiger partial charge in [-0.05, 0) is 57.8 Å². The molecule has 0 aromatic rings. The van der Waals surface area contributed by atoms with Gasteiger partial charge in [0.05, 0.1) is 25.4 Å². The van der Waals surface area contributed by atoms with Gasteiger partial charge in [0.2, 0.25) is 5.91 Å². The van der Waals surface area contributed by atoms with Gasteiger partial charge in [-0.25, -0.2) is 0 Å². The standard InChI is InChI=1S/C66H123NO8/c1-3-5-7-9-11-13-15-17-19-21-23-25-27-29-30-32-34-36-38-40-42-44-46-48-50-52-54-56-62(70)67-59(58-74-66-65(73)64(72)63(71)61(57-68)75-66)60(69)55-53-51-49-47-45-43-41-39-37-35-33-31-28-26-24-22-20-18-16-14-12-10-8-6-4-2/h15,17,21,23,27,29,53,55,59-61,63-66,68-69,71-73H,3-14,16,18-20,22,24-26,28,30-52,54,56-58H2,1-2H3,(H,67,70)/b17-15-,23-21-,29-27-,55-53+. The van der Waals surface area contributed by atoms with Gasteiger partial charge in [-0.15, -0.1) is 0 Å². The van der Waals surface area contributed by atoms with E-state index in [1.807, 2.05) is 6.08 Å². The van der Waals surface area contributed by atoms with Gasteiger partial charge in [0.1, 0.15) is 24.4 Å². The molecule has 1 saturated heterocycles. The molecule has 1 heterocycles. The average molecular weight is 1060 g/mol. The van der Waals surface area contributed by atoms with E-state index in [0.717, 1.165) is 51.4 Å². The first-order chi connectivity index (χ1) is 36.8. The van der Waals surface area contributed by atoms with Crippen LogP contribution in [0.15, 0.2) is 48.6 Å². The Morgan fingerprint density at radius 1 is 0.453 bits per heavy atom. The number of carbonyl (C=O) groups is 1. The molecular weight excluding hydrogens is 935 g/mol. The van der Waals surface area contributed by atoms with Gasteiger partial charge in [0.25, 0.3) is 0 Å². The number of hydrogen-bond donors (Lipinski definition) is 6. The van der Waals surface area contributed by atoms with Crippen LogP contribution in [0.4, 0.5) is 0 Å². The minimum absolute atomic E-state index is 0.176. The van der Waals surface area contributed by atoms with Crippen molar-refractivity contribution in [1.82, 2.24) is 5.32 Å². The highest BCUT2D eigenvalue weighted by atomic mass is 16.7. The number of nitrogens with one attached hydrogen (secondary N) is 1. The maximum atomic E-state index is 13.1. The van der Waals surface area contributed by atoms with Gasteiger partial charge < -0.3 is 40.3 Å². The molecule has 1 amide bonds. The van der Waals surface area contributed by atoms with Crippen molar-refractivity contribution >= 4 is 5.91 Å². The lowest BCUT2D eigenvalue weighted by Crippen LogP contribution is -2.60. The number of rotatable bonds is 56. The van der Waals surface area contributed by atoms with E-state index in [2.05, 4.69) is 55.6 Å². The Hall–Kier alpha value is -1.85. The van der Waals surface area contributed by atoms with Crippen molar-refractivity contribution in [2.45, 2.75) is 352 Å². The van der Waals surface area contributed by atoms with E-state index in [1.165, 1.54) is 238 Å². The number of carbonyl (C=O) groups excluding carboxylic acids is 1. The minimum Gasteiger partial charge on any atom is -0.394 e. The average Bonchev–Trinajstić information content (AvgIpc) is 3.41. The molecule has 1 fully saturated rings. The van der Waals surface area contributed by atoms with Gasteiger partial charge in [0.15, 0.2) is 6.29 Å². The van der Waals surface area contributed by atoms with Crippen LogP contribution in [0.2, 0.25) is 0 Å². The molecule has 9 heteroatoms. The lowest BCUT2D eigenvalue weighted by atomic mass is 9.99. The Morgan fingerprint density at radius 3 is 1.16 bits per heavy atom. The molecule has 0 saturated carbocycles. The molecule has 1 rings (SSSR count). The van der Waals surface area contributed by atoms with Crippen LogP contribution in [-0.4, -0.2) is 87.5 Å². The second kappa shape index (κ2) is 55.5. The smallest absolute Gasteiger partial charge is 0.220 e. The molecular formula is C66H123NO8. The highest BCUT2D eigenvalue weighted by Crippen LogP contribution is 2.23.